The molecule has 44 heavy (non-hydrogen) atoms. The quantitative estimate of drug-likeness (QED) is 0.100. The minimum Gasteiger partial charge on any atom is -0.394 e. The minimum atomic E-state index is -1.26. The number of carbonyl (C=O) groups is 6. The van der Waals surface area contributed by atoms with Gasteiger partial charge in [-0.25, -0.2) is 0 Å². The van der Waals surface area contributed by atoms with Crippen LogP contribution in [0.25, 0.3) is 0 Å². The highest BCUT2D eigenvalue weighted by atomic mass is 32.2. The zero-order valence-corrected chi connectivity index (χ0v) is 26.2. The molecule has 0 unspecified atom stereocenters. The summed E-state index contributed by atoms with van der Waals surface area (Å²) in [4.78, 5) is 78.4. The van der Waals surface area contributed by atoms with E-state index in [4.69, 9.17) is 11.5 Å². The van der Waals surface area contributed by atoms with Crippen molar-refractivity contribution in [2.24, 2.45) is 17.4 Å². The largest absolute Gasteiger partial charge is 0.394 e. The molecule has 244 valence electrons. The van der Waals surface area contributed by atoms with E-state index in [1.54, 1.807) is 38.1 Å². The van der Waals surface area contributed by atoms with E-state index < -0.39 is 72.3 Å². The van der Waals surface area contributed by atoms with Gasteiger partial charge in [0.05, 0.1) is 13.2 Å². The Hall–Kier alpha value is -3.69. The van der Waals surface area contributed by atoms with Gasteiger partial charge in [-0.2, -0.15) is 11.8 Å². The topological polar surface area (TPSA) is 226 Å². The highest BCUT2D eigenvalue weighted by Crippen LogP contribution is 2.19. The van der Waals surface area contributed by atoms with Crippen molar-refractivity contribution in [2.75, 3.05) is 31.7 Å². The van der Waals surface area contributed by atoms with Crippen molar-refractivity contribution in [3.8, 4) is 0 Å². The van der Waals surface area contributed by atoms with Gasteiger partial charge in [-0.1, -0.05) is 44.2 Å². The van der Waals surface area contributed by atoms with Crippen LogP contribution >= 0.6 is 11.8 Å². The number of aliphatic hydroxyl groups excluding tert-OH is 1. The lowest BCUT2D eigenvalue weighted by atomic mass is 10.0. The standard InChI is InChI=1S/C29H45N7O7S/c1-17(2)24(25(31)39)35-27(41)20(14-18-8-5-4-6-9-18)34-26(40)19(11-13-44-3)33-28(42)22-10-7-12-36(22)29(43)21(16-37)32-23(38)15-30/h4-6,8-9,17,19-22,24,37H,7,10-16,30H2,1-3H3,(H2,31,39)(H,32,38)(H,33,42)(H,34,40)(H,35,41)/t19-,20-,21-,22-,24-/m0/s1. The lowest BCUT2D eigenvalue weighted by Gasteiger charge is -2.30. The second-order valence-corrected chi connectivity index (χ2v) is 11.9. The molecule has 1 aromatic rings. The third-order valence-corrected chi connectivity index (χ3v) is 7.91. The number of hydrogen-bond acceptors (Lipinski definition) is 9. The molecule has 9 N–H and O–H groups in total. The molecular weight excluding hydrogens is 590 g/mol. The third-order valence-electron chi connectivity index (χ3n) is 7.27. The van der Waals surface area contributed by atoms with Gasteiger partial charge >= 0.3 is 0 Å². The number of aliphatic hydroxyl groups is 1. The van der Waals surface area contributed by atoms with Crippen LogP contribution in [0, 0.1) is 5.92 Å². The van der Waals surface area contributed by atoms with Gasteiger partial charge in [0, 0.05) is 13.0 Å². The SMILES string of the molecule is CSCC[C@H](NC(=O)[C@@H]1CCCN1C(=O)[C@H](CO)NC(=O)CN)C(=O)N[C@@H](Cc1ccccc1)C(=O)N[C@H](C(N)=O)C(C)C. The number of thioether (sulfide) groups is 1. The Morgan fingerprint density at radius 1 is 0.977 bits per heavy atom. The van der Waals surface area contributed by atoms with Crippen LogP contribution in [-0.2, 0) is 35.2 Å². The molecule has 0 spiro atoms. The maximum absolute atomic E-state index is 13.6. The molecule has 0 aromatic heterocycles. The van der Waals surface area contributed by atoms with Gasteiger partial charge in [0.1, 0.15) is 30.2 Å². The number of amides is 6. The van der Waals surface area contributed by atoms with Crippen molar-refractivity contribution in [1.29, 1.82) is 0 Å². The van der Waals surface area contributed by atoms with E-state index in [9.17, 15) is 33.9 Å². The zero-order valence-electron chi connectivity index (χ0n) is 25.4. The molecule has 1 aromatic carbocycles. The van der Waals surface area contributed by atoms with Crippen LogP contribution in [0.1, 0.15) is 38.7 Å². The maximum Gasteiger partial charge on any atom is 0.248 e. The van der Waals surface area contributed by atoms with Crippen molar-refractivity contribution >= 4 is 47.2 Å². The summed E-state index contributed by atoms with van der Waals surface area (Å²) < 4.78 is 0. The number of likely N-dealkylation sites (tertiary alicyclic amines) is 1. The molecule has 1 saturated heterocycles. The zero-order chi connectivity index (χ0) is 32.8. The Morgan fingerprint density at radius 2 is 1.64 bits per heavy atom. The van der Waals surface area contributed by atoms with Crippen LogP contribution in [0.3, 0.4) is 0 Å². The number of carbonyl (C=O) groups excluding carboxylic acids is 6. The summed E-state index contributed by atoms with van der Waals surface area (Å²) in [7, 11) is 0. The molecule has 5 atom stereocenters. The van der Waals surface area contributed by atoms with Crippen LogP contribution < -0.4 is 32.7 Å². The number of nitrogens with two attached hydrogens (primary N) is 2. The van der Waals surface area contributed by atoms with Gasteiger partial charge in [-0.3, -0.25) is 28.8 Å². The summed E-state index contributed by atoms with van der Waals surface area (Å²) in [6.07, 6.45) is 3.03. The first kappa shape index (κ1) is 36.5. The molecule has 1 heterocycles. The maximum atomic E-state index is 13.6. The second kappa shape index (κ2) is 18.2. The molecule has 2 rings (SSSR count). The summed E-state index contributed by atoms with van der Waals surface area (Å²) in [6, 6.07) is 3.75. The molecule has 0 bridgehead atoms. The number of nitrogens with one attached hydrogen (secondary N) is 4. The van der Waals surface area contributed by atoms with Crippen LogP contribution in [0.4, 0.5) is 0 Å². The molecule has 1 aliphatic rings. The smallest absolute Gasteiger partial charge is 0.248 e. The average molecular weight is 636 g/mol. The number of primary amides is 1. The van der Waals surface area contributed by atoms with Gasteiger partial charge in [-0.15, -0.1) is 0 Å². The van der Waals surface area contributed by atoms with E-state index in [0.29, 0.717) is 18.6 Å². The summed E-state index contributed by atoms with van der Waals surface area (Å²) in [6.45, 7) is 2.65. The fraction of sp³-hybridized carbons (Fsp3) is 0.586. The predicted molar refractivity (Wildman–Crippen MR) is 166 cm³/mol. The van der Waals surface area contributed by atoms with Crippen molar-refractivity contribution in [2.45, 2.75) is 69.7 Å². The van der Waals surface area contributed by atoms with E-state index in [-0.39, 0.29) is 31.8 Å². The molecular formula is C29H45N7O7S. The first-order valence-electron chi connectivity index (χ1n) is 14.6. The molecule has 0 radical (unpaired) electrons. The van der Waals surface area contributed by atoms with Gasteiger partial charge in [0.25, 0.3) is 0 Å². The van der Waals surface area contributed by atoms with Gasteiger partial charge in [0.2, 0.25) is 35.4 Å². The molecule has 14 nitrogen and oxygen atoms in total. The van der Waals surface area contributed by atoms with Gasteiger partial charge in [0.15, 0.2) is 0 Å². The number of nitrogens with zero attached hydrogens (tertiary/aromatic N) is 1. The fourth-order valence-electron chi connectivity index (χ4n) is 4.87. The van der Waals surface area contributed by atoms with Gasteiger partial charge in [-0.05, 0) is 42.8 Å². The summed E-state index contributed by atoms with van der Waals surface area (Å²) in [5.41, 5.74) is 11.6. The van der Waals surface area contributed by atoms with Crippen molar-refractivity contribution < 1.29 is 33.9 Å². The number of rotatable bonds is 17. The molecule has 1 fully saturated rings. The van der Waals surface area contributed by atoms with Crippen molar-refractivity contribution in [3.63, 3.8) is 0 Å². The van der Waals surface area contributed by atoms with Crippen LogP contribution in [0.5, 0.6) is 0 Å². The number of hydrogen-bond donors (Lipinski definition) is 7. The highest BCUT2D eigenvalue weighted by molar-refractivity contribution is 7.98. The van der Waals surface area contributed by atoms with Crippen LogP contribution in [-0.4, -0.2) is 107 Å². The minimum absolute atomic E-state index is 0.118. The predicted octanol–water partition coefficient (Wildman–Crippen LogP) is -2.00. The molecule has 0 aliphatic carbocycles. The monoisotopic (exact) mass is 635 g/mol. The Bertz CT molecular complexity index is 1150. The van der Waals surface area contributed by atoms with E-state index in [2.05, 4.69) is 21.3 Å². The summed E-state index contributed by atoms with van der Waals surface area (Å²) >= 11 is 1.46. The van der Waals surface area contributed by atoms with Crippen LogP contribution in [0.2, 0.25) is 0 Å². The molecule has 0 saturated carbocycles. The molecule has 1 aliphatic heterocycles. The average Bonchev–Trinajstić information content (AvgIpc) is 3.50. The number of benzene rings is 1. The third kappa shape index (κ3) is 10.8. The molecule has 6 amide bonds. The van der Waals surface area contributed by atoms with E-state index in [1.807, 2.05) is 12.3 Å². The first-order valence-corrected chi connectivity index (χ1v) is 16.0. The lowest BCUT2D eigenvalue weighted by Crippen LogP contribution is -2.60. The molecule has 15 heteroatoms. The highest BCUT2D eigenvalue weighted by Gasteiger charge is 2.39. The van der Waals surface area contributed by atoms with Crippen molar-refractivity contribution in [3.05, 3.63) is 35.9 Å². The summed E-state index contributed by atoms with van der Waals surface area (Å²) in [5.74, 6) is -3.52. The van der Waals surface area contributed by atoms with Gasteiger partial charge < -0.3 is 42.7 Å². The Kier molecular flexibility index (Phi) is 15.1. The lowest BCUT2D eigenvalue weighted by molar-refractivity contribution is -0.143. The van der Waals surface area contributed by atoms with Crippen molar-refractivity contribution in [1.82, 2.24) is 26.2 Å². The van der Waals surface area contributed by atoms with Crippen LogP contribution in [0.15, 0.2) is 30.3 Å². The Morgan fingerprint density at radius 3 is 2.20 bits per heavy atom. The fourth-order valence-corrected chi connectivity index (χ4v) is 5.34. The van der Waals surface area contributed by atoms with E-state index >= 15 is 0 Å². The first-order chi connectivity index (χ1) is 20.9. The summed E-state index contributed by atoms with van der Waals surface area (Å²) in [5, 5.41) is 20.1. The normalized spacial score (nSPS) is 17.2. The van der Waals surface area contributed by atoms with E-state index in [0.717, 1.165) is 5.56 Å². The Balaban J connectivity index is 2.24. The van der Waals surface area contributed by atoms with E-state index in [1.165, 1.54) is 16.7 Å². The Labute approximate surface area is 261 Å². The second-order valence-electron chi connectivity index (χ2n) is 10.9.